The Balaban J connectivity index is 2.86. The first-order valence-electron chi connectivity index (χ1n) is 7.24. The zero-order valence-electron chi connectivity index (χ0n) is 13.1. The largest absolute Gasteiger partial charge is 0.328 e. The van der Waals surface area contributed by atoms with E-state index in [0.29, 0.717) is 16.6 Å². The number of rotatable bonds is 4. The Bertz CT molecular complexity index is 331. The molecule has 2 atom stereocenters. The average Bonchev–Trinajstić information content (AvgIpc) is 2.25. The summed E-state index contributed by atoms with van der Waals surface area (Å²) in [5, 5.41) is 0.413. The van der Waals surface area contributed by atoms with E-state index < -0.39 is 8.07 Å². The molecule has 0 aromatic rings. The lowest BCUT2D eigenvalue weighted by molar-refractivity contribution is 0.590. The highest BCUT2D eigenvalue weighted by atomic mass is 28.3. The van der Waals surface area contributed by atoms with E-state index in [4.69, 9.17) is 5.73 Å². The molecule has 0 bridgehead atoms. The van der Waals surface area contributed by atoms with Crippen LogP contribution < -0.4 is 5.73 Å². The van der Waals surface area contributed by atoms with E-state index in [1.54, 1.807) is 5.57 Å². The van der Waals surface area contributed by atoms with E-state index in [2.05, 4.69) is 59.0 Å². The van der Waals surface area contributed by atoms with Crippen LogP contribution in [0.15, 0.2) is 23.8 Å². The van der Waals surface area contributed by atoms with Crippen LogP contribution in [0.25, 0.3) is 0 Å². The fraction of sp³-hybridized carbons (Fsp3) is 0.750. The van der Waals surface area contributed by atoms with Crippen LogP contribution in [0.3, 0.4) is 0 Å². The minimum Gasteiger partial charge on any atom is -0.328 e. The van der Waals surface area contributed by atoms with Crippen LogP contribution in [0.5, 0.6) is 0 Å². The topological polar surface area (TPSA) is 26.0 Å². The zero-order chi connectivity index (χ0) is 14.0. The summed E-state index contributed by atoms with van der Waals surface area (Å²) in [6.07, 6.45) is 10.4. The molecule has 1 rings (SSSR count). The van der Waals surface area contributed by atoms with Crippen LogP contribution in [0.4, 0.5) is 0 Å². The molecule has 0 aromatic heterocycles. The molecule has 0 heterocycles. The van der Waals surface area contributed by atoms with Gasteiger partial charge in [0.15, 0.2) is 0 Å². The molecule has 1 aliphatic rings. The van der Waals surface area contributed by atoms with Gasteiger partial charge in [0.2, 0.25) is 0 Å². The number of hydrogen-bond donors (Lipinski definition) is 1. The maximum atomic E-state index is 6.33. The minimum atomic E-state index is -1.37. The highest BCUT2D eigenvalue weighted by molar-refractivity contribution is 6.81. The summed E-state index contributed by atoms with van der Waals surface area (Å²) in [6, 6.07) is 0.303. The standard InChI is InChI=1S/C16H31NSi/c1-13(17)15(18(5,6)16(2,3)4)12-14-10-8-7-9-11-14/h7-8,11,13,15H,9-10,12,17H2,1-6H3/t13-,15+/m1/s1. The number of allylic oxidation sites excluding steroid dienone is 4. The van der Waals surface area contributed by atoms with E-state index in [1.807, 2.05) is 0 Å². The molecular weight excluding hydrogens is 234 g/mol. The SMILES string of the molecule is C[C@@H](N)[C@H](CC1=CCC=CC1)[Si](C)(C)C(C)(C)C. The first kappa shape index (κ1) is 15.7. The predicted molar refractivity (Wildman–Crippen MR) is 85.7 cm³/mol. The van der Waals surface area contributed by atoms with Crippen LogP contribution in [-0.4, -0.2) is 14.1 Å². The highest BCUT2D eigenvalue weighted by Crippen LogP contribution is 2.47. The van der Waals surface area contributed by atoms with Gasteiger partial charge in [-0.1, -0.05) is 57.7 Å². The van der Waals surface area contributed by atoms with Crippen LogP contribution in [0.2, 0.25) is 23.7 Å². The van der Waals surface area contributed by atoms with Gasteiger partial charge in [-0.25, -0.2) is 0 Å². The Labute approximate surface area is 115 Å². The van der Waals surface area contributed by atoms with E-state index in [0.717, 1.165) is 12.8 Å². The number of hydrogen-bond acceptors (Lipinski definition) is 1. The molecule has 18 heavy (non-hydrogen) atoms. The third-order valence-corrected chi connectivity index (χ3v) is 11.5. The normalized spacial score (nSPS) is 20.5. The molecule has 0 spiro atoms. The molecule has 0 aromatic carbocycles. The molecule has 0 amide bonds. The van der Waals surface area contributed by atoms with Gasteiger partial charge in [0.25, 0.3) is 0 Å². The maximum Gasteiger partial charge on any atom is 0.0578 e. The second-order valence-corrected chi connectivity index (χ2v) is 13.1. The second-order valence-electron chi connectivity index (χ2n) is 7.42. The summed E-state index contributed by atoms with van der Waals surface area (Å²) in [7, 11) is -1.37. The lowest BCUT2D eigenvalue weighted by atomic mass is 9.99. The van der Waals surface area contributed by atoms with Crippen LogP contribution in [-0.2, 0) is 0 Å². The average molecular weight is 266 g/mol. The van der Waals surface area contributed by atoms with Gasteiger partial charge in [0, 0.05) is 6.04 Å². The molecule has 0 fully saturated rings. The molecule has 2 N–H and O–H groups in total. The molecular formula is C16H31NSi. The summed E-state index contributed by atoms with van der Waals surface area (Å²) >= 11 is 0. The maximum absolute atomic E-state index is 6.33. The Kier molecular flexibility index (Phi) is 5.02. The molecule has 0 aliphatic heterocycles. The molecule has 0 radical (unpaired) electrons. The second kappa shape index (κ2) is 5.75. The van der Waals surface area contributed by atoms with Crippen molar-refractivity contribution in [2.24, 2.45) is 5.73 Å². The van der Waals surface area contributed by atoms with Crippen LogP contribution >= 0.6 is 0 Å². The van der Waals surface area contributed by atoms with Gasteiger partial charge in [0.05, 0.1) is 8.07 Å². The van der Waals surface area contributed by atoms with E-state index in [1.165, 1.54) is 6.42 Å². The summed E-state index contributed by atoms with van der Waals surface area (Å²) in [6.45, 7) is 14.4. The smallest absolute Gasteiger partial charge is 0.0578 e. The Hall–Kier alpha value is -0.343. The van der Waals surface area contributed by atoms with Gasteiger partial charge in [-0.3, -0.25) is 0 Å². The van der Waals surface area contributed by atoms with Gasteiger partial charge in [0.1, 0.15) is 0 Å². The first-order valence-corrected chi connectivity index (χ1v) is 10.3. The van der Waals surface area contributed by atoms with Gasteiger partial charge in [-0.15, -0.1) is 0 Å². The summed E-state index contributed by atoms with van der Waals surface area (Å²) in [4.78, 5) is 0. The summed E-state index contributed by atoms with van der Waals surface area (Å²) < 4.78 is 0. The predicted octanol–water partition coefficient (Wildman–Crippen LogP) is 4.88. The van der Waals surface area contributed by atoms with Crippen molar-refractivity contribution < 1.29 is 0 Å². The molecule has 0 saturated carbocycles. The monoisotopic (exact) mass is 265 g/mol. The first-order chi connectivity index (χ1) is 8.16. The molecule has 0 saturated heterocycles. The van der Waals surface area contributed by atoms with Crippen molar-refractivity contribution in [2.45, 2.75) is 76.7 Å². The third kappa shape index (κ3) is 3.58. The third-order valence-electron chi connectivity index (χ3n) is 5.07. The van der Waals surface area contributed by atoms with Gasteiger partial charge < -0.3 is 5.73 Å². The molecule has 2 heteroatoms. The Morgan fingerprint density at radius 3 is 2.28 bits per heavy atom. The Morgan fingerprint density at radius 2 is 1.89 bits per heavy atom. The highest BCUT2D eigenvalue weighted by Gasteiger charge is 2.43. The summed E-state index contributed by atoms with van der Waals surface area (Å²) in [5.74, 6) is 0. The lowest BCUT2D eigenvalue weighted by Gasteiger charge is -2.45. The van der Waals surface area contributed by atoms with Crippen LogP contribution in [0, 0.1) is 0 Å². The molecule has 104 valence electrons. The quantitative estimate of drug-likeness (QED) is 0.569. The fourth-order valence-electron chi connectivity index (χ4n) is 2.75. The lowest BCUT2D eigenvalue weighted by Crippen LogP contribution is -2.48. The molecule has 1 nitrogen and oxygen atoms in total. The van der Waals surface area contributed by atoms with E-state index >= 15 is 0 Å². The number of nitrogens with two attached hydrogens (primary N) is 1. The van der Waals surface area contributed by atoms with E-state index in [-0.39, 0.29) is 0 Å². The van der Waals surface area contributed by atoms with Gasteiger partial charge in [-0.05, 0) is 36.8 Å². The van der Waals surface area contributed by atoms with Crippen molar-refractivity contribution in [3.8, 4) is 0 Å². The van der Waals surface area contributed by atoms with Gasteiger partial charge >= 0.3 is 0 Å². The fourth-order valence-corrected chi connectivity index (χ4v) is 5.95. The van der Waals surface area contributed by atoms with Crippen molar-refractivity contribution in [2.75, 3.05) is 0 Å². The van der Waals surface area contributed by atoms with Crippen molar-refractivity contribution in [1.29, 1.82) is 0 Å². The van der Waals surface area contributed by atoms with Crippen molar-refractivity contribution >= 4 is 8.07 Å². The molecule has 0 unspecified atom stereocenters. The molecule has 1 aliphatic carbocycles. The van der Waals surface area contributed by atoms with Gasteiger partial charge in [-0.2, -0.15) is 0 Å². The minimum absolute atomic E-state index is 0.303. The van der Waals surface area contributed by atoms with Crippen molar-refractivity contribution in [1.82, 2.24) is 0 Å². The van der Waals surface area contributed by atoms with Crippen LogP contribution in [0.1, 0.15) is 47.0 Å². The van der Waals surface area contributed by atoms with Crippen molar-refractivity contribution in [3.05, 3.63) is 23.8 Å². The zero-order valence-corrected chi connectivity index (χ0v) is 14.1. The van der Waals surface area contributed by atoms with E-state index in [9.17, 15) is 0 Å². The van der Waals surface area contributed by atoms with Crippen molar-refractivity contribution in [3.63, 3.8) is 0 Å². The Morgan fingerprint density at radius 1 is 1.28 bits per heavy atom. The summed E-state index contributed by atoms with van der Waals surface area (Å²) in [5.41, 5.74) is 8.60.